The third-order valence-corrected chi connectivity index (χ3v) is 5.76. The molecule has 1 N–H and O–H groups in total. The van der Waals surface area contributed by atoms with E-state index >= 15 is 0 Å². The van der Waals surface area contributed by atoms with E-state index in [9.17, 15) is 9.90 Å². The van der Waals surface area contributed by atoms with E-state index < -0.39 is 0 Å². The second kappa shape index (κ2) is 7.18. The van der Waals surface area contributed by atoms with Crippen molar-refractivity contribution in [1.82, 2.24) is 9.47 Å². The van der Waals surface area contributed by atoms with Gasteiger partial charge in [0.15, 0.2) is 0 Å². The van der Waals surface area contributed by atoms with Crippen LogP contribution < -0.4 is 0 Å². The van der Waals surface area contributed by atoms with Crippen LogP contribution in [0, 0.1) is 5.92 Å². The Morgan fingerprint density at radius 3 is 2.96 bits per heavy atom. The number of hydrogen-bond acceptors (Lipinski definition) is 3. The van der Waals surface area contributed by atoms with Gasteiger partial charge in [0.2, 0.25) is 5.91 Å². The molecule has 4 rings (SSSR count). The lowest BCUT2D eigenvalue weighted by molar-refractivity contribution is -0.144. The predicted molar refractivity (Wildman–Crippen MR) is 96.2 cm³/mol. The van der Waals surface area contributed by atoms with Crippen LogP contribution in [0.15, 0.2) is 36.5 Å². The predicted octanol–water partition coefficient (Wildman–Crippen LogP) is 2.42. The number of aliphatic hydroxyl groups is 1. The second-order valence-electron chi connectivity index (χ2n) is 7.21. The Hall–Kier alpha value is -1.85. The summed E-state index contributed by atoms with van der Waals surface area (Å²) in [6.45, 7) is 2.47. The van der Waals surface area contributed by atoms with E-state index in [1.807, 2.05) is 17.0 Å². The van der Waals surface area contributed by atoms with E-state index in [4.69, 9.17) is 4.74 Å². The first kappa shape index (κ1) is 16.6. The van der Waals surface area contributed by atoms with Crippen LogP contribution in [0.2, 0.25) is 0 Å². The monoisotopic (exact) mass is 342 g/mol. The lowest BCUT2D eigenvalue weighted by Gasteiger charge is -2.40. The summed E-state index contributed by atoms with van der Waals surface area (Å²) in [6.07, 6.45) is 5.11. The minimum atomic E-state index is -0.296. The van der Waals surface area contributed by atoms with Crippen molar-refractivity contribution in [3.63, 3.8) is 0 Å². The van der Waals surface area contributed by atoms with E-state index in [0.717, 1.165) is 19.3 Å². The first-order valence-electron chi connectivity index (χ1n) is 9.33. The van der Waals surface area contributed by atoms with Gasteiger partial charge in [-0.15, -0.1) is 0 Å². The van der Waals surface area contributed by atoms with E-state index in [2.05, 4.69) is 29.0 Å². The third kappa shape index (κ3) is 3.31. The van der Waals surface area contributed by atoms with Gasteiger partial charge in [-0.05, 0) is 30.4 Å². The zero-order valence-electron chi connectivity index (χ0n) is 14.5. The minimum absolute atomic E-state index is 0.0279. The number of benzene rings is 1. The molecule has 2 fully saturated rings. The fourth-order valence-electron chi connectivity index (χ4n) is 4.40. The quantitative estimate of drug-likeness (QED) is 0.928. The molecule has 1 saturated carbocycles. The first-order chi connectivity index (χ1) is 12.2. The topological polar surface area (TPSA) is 54.7 Å². The summed E-state index contributed by atoms with van der Waals surface area (Å²) in [5.74, 6) is 0.335. The summed E-state index contributed by atoms with van der Waals surface area (Å²) in [5, 5.41) is 11.4. The number of hydrogen-bond donors (Lipinski definition) is 1. The zero-order valence-corrected chi connectivity index (χ0v) is 14.5. The molecular formula is C20H26N2O3. The number of aliphatic hydroxyl groups excluding tert-OH is 1. The molecule has 2 heterocycles. The lowest BCUT2D eigenvalue weighted by atomic mass is 9.94. The van der Waals surface area contributed by atoms with E-state index in [0.29, 0.717) is 32.7 Å². The molecule has 1 aromatic heterocycles. The minimum Gasteiger partial charge on any atom is -0.393 e. The van der Waals surface area contributed by atoms with Gasteiger partial charge in [0.1, 0.15) is 0 Å². The van der Waals surface area contributed by atoms with Crippen LogP contribution in [0.25, 0.3) is 10.9 Å². The van der Waals surface area contributed by atoms with Crippen molar-refractivity contribution >= 4 is 16.8 Å². The van der Waals surface area contributed by atoms with Crippen molar-refractivity contribution in [3.05, 3.63) is 36.5 Å². The molecule has 0 bridgehead atoms. The number of nitrogens with zero attached hydrogens (tertiary/aromatic N) is 2. The Bertz CT molecular complexity index is 741. The molecule has 134 valence electrons. The van der Waals surface area contributed by atoms with Crippen LogP contribution in [0.4, 0.5) is 0 Å². The first-order valence-corrected chi connectivity index (χ1v) is 9.33. The molecule has 25 heavy (non-hydrogen) atoms. The molecule has 1 amide bonds. The van der Waals surface area contributed by atoms with Crippen molar-refractivity contribution in [2.75, 3.05) is 19.8 Å². The summed E-state index contributed by atoms with van der Waals surface area (Å²) in [6, 6.07) is 10.4. The van der Waals surface area contributed by atoms with Crippen molar-refractivity contribution in [3.8, 4) is 0 Å². The maximum atomic E-state index is 12.9. The van der Waals surface area contributed by atoms with E-state index in [1.54, 1.807) is 0 Å². The molecule has 1 aromatic carbocycles. The Balaban J connectivity index is 1.44. The Labute approximate surface area is 148 Å². The Morgan fingerprint density at radius 1 is 1.24 bits per heavy atom. The van der Waals surface area contributed by atoms with Gasteiger partial charge in [-0.1, -0.05) is 24.6 Å². The number of carbonyl (C=O) groups is 1. The van der Waals surface area contributed by atoms with Gasteiger partial charge in [0, 0.05) is 37.1 Å². The summed E-state index contributed by atoms with van der Waals surface area (Å²) in [4.78, 5) is 14.8. The Kier molecular flexibility index (Phi) is 4.77. The molecule has 0 radical (unpaired) electrons. The molecule has 1 aliphatic heterocycles. The molecule has 0 spiro atoms. The number of aryl methyl sites for hydroxylation is 1. The van der Waals surface area contributed by atoms with Crippen LogP contribution in [-0.4, -0.2) is 52.4 Å². The number of aromatic nitrogens is 1. The summed E-state index contributed by atoms with van der Waals surface area (Å²) in [7, 11) is 0. The van der Waals surface area contributed by atoms with Gasteiger partial charge in [-0.2, -0.15) is 0 Å². The van der Waals surface area contributed by atoms with Gasteiger partial charge in [-0.3, -0.25) is 4.79 Å². The maximum Gasteiger partial charge on any atom is 0.224 e. The van der Waals surface area contributed by atoms with Crippen molar-refractivity contribution in [2.45, 2.75) is 44.4 Å². The average Bonchev–Trinajstić information content (AvgIpc) is 3.26. The molecule has 2 aliphatic rings. The van der Waals surface area contributed by atoms with E-state index in [1.165, 1.54) is 10.9 Å². The van der Waals surface area contributed by atoms with Crippen LogP contribution in [0.1, 0.15) is 25.7 Å². The fourth-order valence-corrected chi connectivity index (χ4v) is 4.40. The molecule has 3 atom stereocenters. The number of fused-ring (bicyclic) bond motifs is 1. The van der Waals surface area contributed by atoms with Crippen LogP contribution >= 0.6 is 0 Å². The molecule has 5 nitrogen and oxygen atoms in total. The van der Waals surface area contributed by atoms with Crippen molar-refractivity contribution < 1.29 is 14.6 Å². The zero-order chi connectivity index (χ0) is 17.2. The number of ether oxygens (including phenoxy) is 1. The van der Waals surface area contributed by atoms with Gasteiger partial charge < -0.3 is 19.3 Å². The van der Waals surface area contributed by atoms with Gasteiger partial charge in [0.25, 0.3) is 0 Å². The molecule has 5 heteroatoms. The normalized spacial score (nSPS) is 27.1. The molecule has 2 aromatic rings. The highest BCUT2D eigenvalue weighted by Crippen LogP contribution is 2.32. The molecule has 1 aliphatic carbocycles. The second-order valence-corrected chi connectivity index (χ2v) is 7.21. The molecule has 0 unspecified atom stereocenters. The summed E-state index contributed by atoms with van der Waals surface area (Å²) >= 11 is 0. The number of morpholine rings is 1. The number of rotatable bonds is 4. The highest BCUT2D eigenvalue weighted by Gasteiger charge is 2.39. The van der Waals surface area contributed by atoms with Crippen molar-refractivity contribution in [2.24, 2.45) is 5.92 Å². The summed E-state index contributed by atoms with van der Waals surface area (Å²) < 4.78 is 7.77. The number of carbonyl (C=O) groups excluding carboxylic acids is 1. The van der Waals surface area contributed by atoms with Crippen LogP contribution in [0.3, 0.4) is 0 Å². The van der Waals surface area contributed by atoms with Gasteiger partial charge >= 0.3 is 0 Å². The van der Waals surface area contributed by atoms with E-state index in [-0.39, 0.29) is 24.0 Å². The van der Waals surface area contributed by atoms with Gasteiger partial charge in [-0.25, -0.2) is 0 Å². The lowest BCUT2D eigenvalue weighted by Crippen LogP contribution is -2.53. The van der Waals surface area contributed by atoms with Crippen LogP contribution in [-0.2, 0) is 16.1 Å². The SMILES string of the molecule is O=C(CCn1ccc2ccccc21)N1CCOC[C@@H]1[C@H]1CCC[C@H]1O. The highest BCUT2D eigenvalue weighted by atomic mass is 16.5. The average molecular weight is 342 g/mol. The largest absolute Gasteiger partial charge is 0.393 e. The highest BCUT2D eigenvalue weighted by molar-refractivity contribution is 5.80. The number of amides is 1. The van der Waals surface area contributed by atoms with Crippen molar-refractivity contribution in [1.29, 1.82) is 0 Å². The Morgan fingerprint density at radius 2 is 2.12 bits per heavy atom. The smallest absolute Gasteiger partial charge is 0.224 e. The summed E-state index contributed by atoms with van der Waals surface area (Å²) in [5.41, 5.74) is 1.17. The fraction of sp³-hybridized carbons (Fsp3) is 0.550. The maximum absolute atomic E-state index is 12.9. The molecular weight excluding hydrogens is 316 g/mol. The number of para-hydroxylation sites is 1. The van der Waals surface area contributed by atoms with Crippen LogP contribution in [0.5, 0.6) is 0 Å². The standard InChI is InChI=1S/C20H26N2O3/c23-19-7-3-5-16(19)18-14-25-13-12-22(18)20(24)9-11-21-10-8-15-4-1-2-6-17(15)21/h1-2,4,6,8,10,16,18-19,23H,3,5,7,9,11-14H2/t16-,18-,19-/m1/s1. The molecule has 1 saturated heterocycles. The third-order valence-electron chi connectivity index (χ3n) is 5.76. The van der Waals surface area contributed by atoms with Gasteiger partial charge in [0.05, 0.1) is 25.4 Å².